The van der Waals surface area contributed by atoms with Gasteiger partial charge in [0.2, 0.25) is 0 Å². The third kappa shape index (κ3) is 5.67. The lowest BCUT2D eigenvalue weighted by molar-refractivity contribution is -0.132. The molecule has 1 saturated heterocycles. The lowest BCUT2D eigenvalue weighted by Gasteiger charge is -2.26. The van der Waals surface area contributed by atoms with Gasteiger partial charge in [-0.05, 0) is 76.6 Å². The van der Waals surface area contributed by atoms with Gasteiger partial charge in [0, 0.05) is 17.3 Å². The Hall–Kier alpha value is -4.26. The quantitative estimate of drug-likeness (QED) is 0.205. The number of amides is 1. The topological polar surface area (TPSA) is 85.3 Å². The van der Waals surface area contributed by atoms with Crippen molar-refractivity contribution in [3.05, 3.63) is 89.5 Å². The van der Waals surface area contributed by atoms with E-state index >= 15 is 0 Å². The van der Waals surface area contributed by atoms with Crippen molar-refractivity contribution < 1.29 is 28.9 Å². The summed E-state index contributed by atoms with van der Waals surface area (Å²) in [5.74, 6) is 0.0136. The first-order chi connectivity index (χ1) is 18.2. The number of aliphatic hydroxyl groups is 1. The fourth-order valence-electron chi connectivity index (χ4n) is 4.45. The molecule has 1 aliphatic heterocycles. The first-order valence-electron chi connectivity index (χ1n) is 12.8. The largest absolute Gasteiger partial charge is 0.507 e. The van der Waals surface area contributed by atoms with E-state index in [-0.39, 0.29) is 23.5 Å². The van der Waals surface area contributed by atoms with Crippen LogP contribution in [0.25, 0.3) is 5.76 Å². The van der Waals surface area contributed by atoms with Gasteiger partial charge in [-0.15, -0.1) is 0 Å². The number of aliphatic hydroxyl groups excluding tert-OH is 1. The molecule has 0 aliphatic carbocycles. The lowest BCUT2D eigenvalue weighted by Crippen LogP contribution is -2.29. The second-order valence-electron chi connectivity index (χ2n) is 9.53. The van der Waals surface area contributed by atoms with Crippen molar-refractivity contribution in [2.75, 3.05) is 11.5 Å². The van der Waals surface area contributed by atoms with E-state index in [2.05, 4.69) is 0 Å². The summed E-state index contributed by atoms with van der Waals surface area (Å²) in [6.45, 7) is 10.0. The van der Waals surface area contributed by atoms with E-state index in [1.54, 1.807) is 72.8 Å². The van der Waals surface area contributed by atoms with Gasteiger partial charge in [0.1, 0.15) is 23.0 Å². The number of carbonyl (C=O) groups is 2. The predicted molar refractivity (Wildman–Crippen MR) is 147 cm³/mol. The molecule has 4 rings (SSSR count). The van der Waals surface area contributed by atoms with Crippen molar-refractivity contribution in [3.63, 3.8) is 0 Å². The minimum Gasteiger partial charge on any atom is -0.507 e. The van der Waals surface area contributed by atoms with Crippen LogP contribution in [-0.4, -0.2) is 35.6 Å². The molecule has 3 aromatic rings. The summed E-state index contributed by atoms with van der Waals surface area (Å²) in [6, 6.07) is 20.2. The van der Waals surface area contributed by atoms with Crippen LogP contribution >= 0.6 is 0 Å². The van der Waals surface area contributed by atoms with E-state index in [1.807, 2.05) is 34.6 Å². The van der Waals surface area contributed by atoms with Crippen molar-refractivity contribution in [2.24, 2.45) is 0 Å². The molecule has 38 heavy (non-hydrogen) atoms. The van der Waals surface area contributed by atoms with Crippen molar-refractivity contribution in [2.45, 2.75) is 52.9 Å². The van der Waals surface area contributed by atoms with E-state index < -0.39 is 17.7 Å². The molecule has 1 N–H and O–H groups in total. The van der Waals surface area contributed by atoms with Gasteiger partial charge in [-0.1, -0.05) is 30.3 Å². The number of rotatable bonds is 9. The second-order valence-corrected chi connectivity index (χ2v) is 9.53. The molecule has 1 atom stereocenters. The minimum atomic E-state index is -0.866. The fourth-order valence-corrected chi connectivity index (χ4v) is 4.45. The Morgan fingerprint density at radius 3 is 2.13 bits per heavy atom. The SMILES string of the molecule is CCOc1cccc(N2C(=O)C(=O)/C(=C(/O)c3cccc(OC(C)C)c3)C2c2ccc(OC(C)C)cc2)c1. The van der Waals surface area contributed by atoms with Gasteiger partial charge in [-0.3, -0.25) is 14.5 Å². The molecular weight excluding hydrogens is 482 g/mol. The van der Waals surface area contributed by atoms with Gasteiger partial charge in [0.25, 0.3) is 11.7 Å². The standard InChI is InChI=1S/C31H33NO6/c1-6-36-25-11-8-10-23(18-25)32-28(21-13-15-24(16-14-21)37-19(2)3)27(30(34)31(32)35)29(33)22-9-7-12-26(17-22)38-20(4)5/h7-20,28,33H,6H2,1-5H3/b29-27+. The number of anilines is 1. The van der Waals surface area contributed by atoms with E-state index in [4.69, 9.17) is 14.2 Å². The maximum absolute atomic E-state index is 13.5. The Kier molecular flexibility index (Phi) is 8.05. The smallest absolute Gasteiger partial charge is 0.300 e. The molecule has 1 fully saturated rings. The molecule has 7 heteroatoms. The number of benzene rings is 3. The van der Waals surface area contributed by atoms with Gasteiger partial charge >= 0.3 is 0 Å². The zero-order valence-electron chi connectivity index (χ0n) is 22.3. The highest BCUT2D eigenvalue weighted by atomic mass is 16.5. The van der Waals surface area contributed by atoms with Crippen LogP contribution in [0.2, 0.25) is 0 Å². The molecule has 0 aromatic heterocycles. The monoisotopic (exact) mass is 515 g/mol. The molecule has 3 aromatic carbocycles. The number of nitrogens with zero attached hydrogens (tertiary/aromatic N) is 1. The number of carbonyl (C=O) groups excluding carboxylic acids is 2. The molecule has 0 spiro atoms. The van der Waals surface area contributed by atoms with Crippen molar-refractivity contribution in [1.82, 2.24) is 0 Å². The van der Waals surface area contributed by atoms with Gasteiger partial charge in [-0.2, -0.15) is 0 Å². The molecule has 198 valence electrons. The molecule has 1 aliphatic rings. The molecule has 0 bridgehead atoms. The summed E-state index contributed by atoms with van der Waals surface area (Å²) < 4.78 is 17.2. The zero-order valence-corrected chi connectivity index (χ0v) is 22.3. The van der Waals surface area contributed by atoms with Crippen LogP contribution in [0.1, 0.15) is 51.8 Å². The van der Waals surface area contributed by atoms with Crippen LogP contribution in [0.3, 0.4) is 0 Å². The summed E-state index contributed by atoms with van der Waals surface area (Å²) >= 11 is 0. The highest BCUT2D eigenvalue weighted by Gasteiger charge is 2.47. The predicted octanol–water partition coefficient (Wildman–Crippen LogP) is 6.29. The van der Waals surface area contributed by atoms with Crippen LogP contribution in [0.4, 0.5) is 5.69 Å². The maximum atomic E-state index is 13.5. The number of hydrogen-bond acceptors (Lipinski definition) is 6. The Morgan fingerprint density at radius 2 is 1.47 bits per heavy atom. The summed E-state index contributed by atoms with van der Waals surface area (Å²) in [5, 5.41) is 11.5. The number of ketones is 1. The Bertz CT molecular complexity index is 1340. The van der Waals surface area contributed by atoms with E-state index in [9.17, 15) is 14.7 Å². The second kappa shape index (κ2) is 11.4. The van der Waals surface area contributed by atoms with Crippen LogP contribution in [0.5, 0.6) is 17.2 Å². The van der Waals surface area contributed by atoms with Crippen LogP contribution < -0.4 is 19.1 Å². The summed E-state index contributed by atoms with van der Waals surface area (Å²) in [6.07, 6.45) is -0.0738. The normalized spacial score (nSPS) is 16.8. The third-order valence-electron chi connectivity index (χ3n) is 5.90. The van der Waals surface area contributed by atoms with Gasteiger partial charge in [0.15, 0.2) is 0 Å². The molecular formula is C31H33NO6. The van der Waals surface area contributed by atoms with Gasteiger partial charge in [0.05, 0.1) is 30.4 Å². The summed E-state index contributed by atoms with van der Waals surface area (Å²) in [4.78, 5) is 28.4. The Labute approximate surface area is 223 Å². The molecule has 7 nitrogen and oxygen atoms in total. The van der Waals surface area contributed by atoms with Gasteiger partial charge in [-0.25, -0.2) is 0 Å². The number of Topliss-reactive ketones (excluding diaryl/α,β-unsaturated/α-hetero) is 1. The first kappa shape index (κ1) is 26.8. The van der Waals surface area contributed by atoms with Crippen molar-refractivity contribution >= 4 is 23.1 Å². The summed E-state index contributed by atoms with van der Waals surface area (Å²) in [7, 11) is 0. The summed E-state index contributed by atoms with van der Waals surface area (Å²) in [5.41, 5.74) is 1.52. The average Bonchev–Trinajstić information content (AvgIpc) is 3.14. The Balaban J connectivity index is 1.87. The van der Waals surface area contributed by atoms with E-state index in [0.29, 0.717) is 40.7 Å². The minimum absolute atomic E-state index is 0.00367. The highest BCUT2D eigenvalue weighted by molar-refractivity contribution is 6.51. The van der Waals surface area contributed by atoms with Crippen LogP contribution in [0.15, 0.2) is 78.4 Å². The van der Waals surface area contributed by atoms with Crippen LogP contribution in [0, 0.1) is 0 Å². The molecule has 1 heterocycles. The van der Waals surface area contributed by atoms with Crippen molar-refractivity contribution in [3.8, 4) is 17.2 Å². The highest BCUT2D eigenvalue weighted by Crippen LogP contribution is 2.43. The van der Waals surface area contributed by atoms with Crippen molar-refractivity contribution in [1.29, 1.82) is 0 Å². The third-order valence-corrected chi connectivity index (χ3v) is 5.90. The average molecular weight is 516 g/mol. The molecule has 0 radical (unpaired) electrons. The molecule has 1 unspecified atom stereocenters. The lowest BCUT2D eigenvalue weighted by atomic mass is 9.95. The van der Waals surface area contributed by atoms with E-state index in [1.165, 1.54) is 4.90 Å². The fraction of sp³-hybridized carbons (Fsp3) is 0.290. The number of hydrogen-bond donors (Lipinski definition) is 1. The molecule has 0 saturated carbocycles. The van der Waals surface area contributed by atoms with Crippen LogP contribution in [-0.2, 0) is 9.59 Å². The molecule has 1 amide bonds. The first-order valence-corrected chi connectivity index (χ1v) is 12.8. The maximum Gasteiger partial charge on any atom is 0.300 e. The zero-order chi connectivity index (χ0) is 27.4. The number of ether oxygens (including phenoxy) is 3. The van der Waals surface area contributed by atoms with Gasteiger partial charge < -0.3 is 19.3 Å². The Morgan fingerprint density at radius 1 is 0.842 bits per heavy atom. The van der Waals surface area contributed by atoms with E-state index in [0.717, 1.165) is 0 Å².